The molecule has 0 spiro atoms. The summed E-state index contributed by atoms with van der Waals surface area (Å²) >= 11 is 1.47. The molecule has 0 saturated carbocycles. The van der Waals surface area contributed by atoms with Gasteiger partial charge in [-0.2, -0.15) is 0 Å². The van der Waals surface area contributed by atoms with Gasteiger partial charge in [0.05, 0.1) is 17.4 Å². The van der Waals surface area contributed by atoms with Crippen molar-refractivity contribution in [3.63, 3.8) is 0 Å². The lowest BCUT2D eigenvalue weighted by Crippen LogP contribution is -2.44. The molecule has 29 heavy (non-hydrogen) atoms. The molecule has 1 aliphatic carbocycles. The standard InChI is InChI=1S/C23H26N4OS/c1-3-17(4-2)27(20-12-7-9-16-10-8-14-25-21(16)20)23(28)19-15-29-22(26-19)18-11-5-6-13-24-18/h5-6,8,10-11,13-15,17,20H,3-4,7,9,12H2,1-2H3. The zero-order valence-electron chi connectivity index (χ0n) is 16.9. The van der Waals surface area contributed by atoms with Crippen molar-refractivity contribution < 1.29 is 4.79 Å². The minimum Gasteiger partial charge on any atom is -0.326 e. The van der Waals surface area contributed by atoms with Crippen LogP contribution in [0.25, 0.3) is 10.7 Å². The van der Waals surface area contributed by atoms with Gasteiger partial charge in [0.2, 0.25) is 0 Å². The highest BCUT2D eigenvalue weighted by molar-refractivity contribution is 7.13. The van der Waals surface area contributed by atoms with Crippen LogP contribution < -0.4 is 0 Å². The lowest BCUT2D eigenvalue weighted by Gasteiger charge is -2.39. The summed E-state index contributed by atoms with van der Waals surface area (Å²) in [5.74, 6) is 0.000587. The second kappa shape index (κ2) is 8.82. The van der Waals surface area contributed by atoms with E-state index in [0.717, 1.165) is 48.5 Å². The molecule has 1 unspecified atom stereocenters. The average Bonchev–Trinajstić information content (AvgIpc) is 3.28. The van der Waals surface area contributed by atoms with Crippen molar-refractivity contribution in [1.82, 2.24) is 19.9 Å². The summed E-state index contributed by atoms with van der Waals surface area (Å²) in [6, 6.07) is 10.1. The van der Waals surface area contributed by atoms with Crippen LogP contribution in [0.2, 0.25) is 0 Å². The van der Waals surface area contributed by atoms with Gasteiger partial charge >= 0.3 is 0 Å². The molecule has 1 amide bonds. The Morgan fingerprint density at radius 2 is 2.00 bits per heavy atom. The molecule has 5 nitrogen and oxygen atoms in total. The molecule has 0 bridgehead atoms. The molecule has 1 aliphatic rings. The number of carbonyl (C=O) groups excluding carboxylic acids is 1. The van der Waals surface area contributed by atoms with Crippen LogP contribution in [0.1, 0.15) is 67.3 Å². The molecule has 4 rings (SSSR count). The number of thiazole rings is 1. The van der Waals surface area contributed by atoms with Crippen molar-refractivity contribution in [3.8, 4) is 10.7 Å². The summed E-state index contributed by atoms with van der Waals surface area (Å²) in [4.78, 5) is 29.4. The van der Waals surface area contributed by atoms with Gasteiger partial charge < -0.3 is 4.90 Å². The number of pyridine rings is 2. The van der Waals surface area contributed by atoms with Crippen LogP contribution >= 0.6 is 11.3 Å². The zero-order valence-corrected chi connectivity index (χ0v) is 17.7. The van der Waals surface area contributed by atoms with Crippen LogP contribution in [0.15, 0.2) is 48.1 Å². The van der Waals surface area contributed by atoms with E-state index in [1.165, 1.54) is 16.9 Å². The Balaban J connectivity index is 1.70. The smallest absolute Gasteiger partial charge is 0.274 e. The van der Waals surface area contributed by atoms with Crippen molar-refractivity contribution in [2.45, 2.75) is 58.0 Å². The predicted molar refractivity (Wildman–Crippen MR) is 116 cm³/mol. The van der Waals surface area contributed by atoms with Crippen molar-refractivity contribution in [2.75, 3.05) is 0 Å². The Kier molecular flexibility index (Phi) is 6.00. The maximum absolute atomic E-state index is 13.7. The van der Waals surface area contributed by atoms with Crippen LogP contribution in [0.4, 0.5) is 0 Å². The normalized spacial score (nSPS) is 15.9. The van der Waals surface area contributed by atoms with E-state index in [0.29, 0.717) is 5.69 Å². The van der Waals surface area contributed by atoms with Gasteiger partial charge in [-0.05, 0) is 55.9 Å². The van der Waals surface area contributed by atoms with E-state index in [1.54, 1.807) is 6.20 Å². The highest BCUT2D eigenvalue weighted by Gasteiger charge is 2.35. The third-order valence-electron chi connectivity index (χ3n) is 5.68. The molecule has 3 heterocycles. The Hall–Kier alpha value is -2.60. The van der Waals surface area contributed by atoms with Gasteiger partial charge in [0, 0.05) is 23.8 Å². The monoisotopic (exact) mass is 406 g/mol. The van der Waals surface area contributed by atoms with E-state index < -0.39 is 0 Å². The highest BCUT2D eigenvalue weighted by Crippen LogP contribution is 2.36. The number of nitrogens with zero attached hydrogens (tertiary/aromatic N) is 4. The number of carbonyl (C=O) groups is 1. The second-order valence-corrected chi connectivity index (χ2v) is 8.25. The highest BCUT2D eigenvalue weighted by atomic mass is 32.1. The summed E-state index contributed by atoms with van der Waals surface area (Å²) in [5.41, 5.74) is 3.63. The predicted octanol–water partition coefficient (Wildman–Crippen LogP) is 5.31. The fraction of sp³-hybridized carbons (Fsp3) is 0.391. The number of rotatable bonds is 6. The SMILES string of the molecule is CCC(CC)N(C(=O)c1csc(-c2ccccn2)n1)C1CCCc2cccnc21. The number of aromatic nitrogens is 3. The molecule has 0 saturated heterocycles. The van der Waals surface area contributed by atoms with Gasteiger partial charge in [-0.25, -0.2) is 4.98 Å². The van der Waals surface area contributed by atoms with E-state index >= 15 is 0 Å². The Bertz CT molecular complexity index is 968. The molecule has 6 heteroatoms. The van der Waals surface area contributed by atoms with Crippen molar-refractivity contribution >= 4 is 17.2 Å². The topological polar surface area (TPSA) is 59.0 Å². The van der Waals surface area contributed by atoms with Crippen molar-refractivity contribution in [2.24, 2.45) is 0 Å². The quantitative estimate of drug-likeness (QED) is 0.557. The number of fused-ring (bicyclic) bond motifs is 1. The van der Waals surface area contributed by atoms with Gasteiger partial charge in [-0.15, -0.1) is 11.3 Å². The van der Waals surface area contributed by atoms with E-state index in [4.69, 9.17) is 0 Å². The van der Waals surface area contributed by atoms with Crippen LogP contribution in [0.3, 0.4) is 0 Å². The third kappa shape index (κ3) is 3.94. The van der Waals surface area contributed by atoms with Crippen LogP contribution in [0, 0.1) is 0 Å². The molecule has 0 fully saturated rings. The van der Waals surface area contributed by atoms with Crippen molar-refractivity contribution in [1.29, 1.82) is 0 Å². The van der Waals surface area contributed by atoms with Crippen LogP contribution in [-0.4, -0.2) is 31.8 Å². The first-order valence-electron chi connectivity index (χ1n) is 10.4. The van der Waals surface area contributed by atoms with Gasteiger partial charge in [0.1, 0.15) is 10.7 Å². The molecule has 0 N–H and O–H groups in total. The second-order valence-electron chi connectivity index (χ2n) is 7.39. The third-order valence-corrected chi connectivity index (χ3v) is 6.54. The van der Waals surface area contributed by atoms with Crippen molar-refractivity contribution in [3.05, 3.63) is 65.1 Å². The minimum absolute atomic E-state index is 0.000587. The molecule has 1 atom stereocenters. The summed E-state index contributed by atoms with van der Waals surface area (Å²) in [5, 5.41) is 2.64. The number of amides is 1. The van der Waals surface area contributed by atoms with Crippen LogP contribution in [0.5, 0.6) is 0 Å². The van der Waals surface area contributed by atoms with Gasteiger partial charge in [-0.1, -0.05) is 26.0 Å². The van der Waals surface area contributed by atoms with Gasteiger partial charge in [0.25, 0.3) is 5.91 Å². The summed E-state index contributed by atoms with van der Waals surface area (Å²) in [6.07, 6.45) is 8.47. The molecular weight excluding hydrogens is 380 g/mol. The summed E-state index contributed by atoms with van der Waals surface area (Å²) in [7, 11) is 0. The van der Waals surface area contributed by atoms with E-state index in [2.05, 4.69) is 39.8 Å². The zero-order chi connectivity index (χ0) is 20.2. The van der Waals surface area contributed by atoms with Gasteiger partial charge in [-0.3, -0.25) is 14.8 Å². The van der Waals surface area contributed by atoms with Crippen LogP contribution in [-0.2, 0) is 6.42 Å². The summed E-state index contributed by atoms with van der Waals surface area (Å²) in [6.45, 7) is 4.30. The maximum atomic E-state index is 13.7. The number of hydrogen-bond donors (Lipinski definition) is 0. The summed E-state index contributed by atoms with van der Waals surface area (Å²) < 4.78 is 0. The van der Waals surface area contributed by atoms with Gasteiger partial charge in [0.15, 0.2) is 0 Å². The number of hydrogen-bond acceptors (Lipinski definition) is 5. The molecule has 0 aromatic carbocycles. The maximum Gasteiger partial charge on any atom is 0.274 e. The largest absolute Gasteiger partial charge is 0.326 e. The first-order valence-corrected chi connectivity index (χ1v) is 11.2. The molecule has 150 valence electrons. The minimum atomic E-state index is 0.000587. The van der Waals surface area contributed by atoms with E-state index in [1.807, 2.05) is 35.8 Å². The first-order chi connectivity index (χ1) is 14.2. The average molecular weight is 407 g/mol. The Labute approximate surface area is 175 Å². The molecular formula is C23H26N4OS. The Morgan fingerprint density at radius 3 is 2.76 bits per heavy atom. The molecule has 3 aromatic heterocycles. The van der Waals surface area contributed by atoms with E-state index in [9.17, 15) is 4.79 Å². The fourth-order valence-corrected chi connectivity index (χ4v) is 4.98. The fourth-order valence-electron chi connectivity index (χ4n) is 4.21. The lowest BCUT2D eigenvalue weighted by molar-refractivity contribution is 0.0514. The molecule has 3 aromatic rings. The molecule has 0 aliphatic heterocycles. The first kappa shape index (κ1) is 19.7. The molecule has 0 radical (unpaired) electrons. The van der Waals surface area contributed by atoms with E-state index in [-0.39, 0.29) is 18.0 Å². The lowest BCUT2D eigenvalue weighted by atomic mass is 9.89. The Morgan fingerprint density at radius 1 is 1.17 bits per heavy atom. The number of aryl methyl sites for hydroxylation is 1.